The average molecular weight is 545 g/mol. The first-order valence-corrected chi connectivity index (χ1v) is 13.1. The quantitative estimate of drug-likeness (QED) is 0.208. The van der Waals surface area contributed by atoms with E-state index in [0.29, 0.717) is 11.1 Å². The van der Waals surface area contributed by atoms with Crippen molar-refractivity contribution in [3.8, 4) is 11.5 Å². The molecule has 216 valence electrons. The minimum atomic E-state index is -1.68. The van der Waals surface area contributed by atoms with Gasteiger partial charge in [-0.25, -0.2) is 0 Å². The summed E-state index contributed by atoms with van der Waals surface area (Å²) in [6.45, 7) is 5.01. The maximum atomic E-state index is 11.3. The Kier molecular flexibility index (Phi) is 9.20. The number of fused-ring (bicyclic) bond motifs is 1. The van der Waals surface area contributed by atoms with Crippen molar-refractivity contribution < 1.29 is 59.8 Å². The second kappa shape index (κ2) is 11.9. The molecule has 8 N–H and O–H groups in total. The number of aromatic hydroxyl groups is 1. The van der Waals surface area contributed by atoms with Crippen LogP contribution in [-0.4, -0.2) is 116 Å². The summed E-state index contributed by atoms with van der Waals surface area (Å²) in [4.78, 5) is 0. The lowest BCUT2D eigenvalue weighted by molar-refractivity contribution is -0.307. The molecule has 0 saturated carbocycles. The van der Waals surface area contributed by atoms with E-state index in [4.69, 9.17) is 18.9 Å². The summed E-state index contributed by atoms with van der Waals surface area (Å²) >= 11 is 0. The number of phenolic OH excluding ortho intramolecular Hbond substituents is 1. The molecule has 0 amide bonds. The third-order valence-electron chi connectivity index (χ3n) is 8.07. The molecule has 2 saturated heterocycles. The van der Waals surface area contributed by atoms with Crippen molar-refractivity contribution in [3.05, 3.63) is 22.8 Å². The summed E-state index contributed by atoms with van der Waals surface area (Å²) in [6.07, 6.45) is -11.6. The van der Waals surface area contributed by atoms with E-state index in [2.05, 4.69) is 0 Å². The highest BCUT2D eigenvalue weighted by Crippen LogP contribution is 2.50. The molecule has 12 heteroatoms. The minimum Gasteiger partial charge on any atom is -0.504 e. The van der Waals surface area contributed by atoms with Crippen molar-refractivity contribution in [1.82, 2.24) is 0 Å². The predicted octanol–water partition coefficient (Wildman–Crippen LogP) is -1.05. The Morgan fingerprint density at radius 1 is 0.974 bits per heavy atom. The average Bonchev–Trinajstić information content (AvgIpc) is 2.89. The first-order chi connectivity index (χ1) is 18.0. The number of phenols is 1. The minimum absolute atomic E-state index is 0.00347. The molecule has 0 radical (unpaired) electrons. The normalized spacial score (nSPS) is 40.4. The summed E-state index contributed by atoms with van der Waals surface area (Å²) < 4.78 is 22.2. The van der Waals surface area contributed by atoms with Crippen LogP contribution in [0.15, 0.2) is 6.07 Å². The van der Waals surface area contributed by atoms with Gasteiger partial charge < -0.3 is 59.8 Å². The van der Waals surface area contributed by atoms with Crippen LogP contribution in [0.2, 0.25) is 0 Å². The lowest BCUT2D eigenvalue weighted by Gasteiger charge is -2.42. The van der Waals surface area contributed by atoms with E-state index in [1.807, 2.05) is 19.9 Å². The van der Waals surface area contributed by atoms with Gasteiger partial charge in [-0.1, -0.05) is 19.9 Å². The standard InChI is InChI=1S/C26H40O12/c1-10-4-5-13(12(3)7-27)14-6-11(2)24(20(31)17(10)14)38-26-23(34)21(32)19(30)16(37-26)9-36-25-22(33)18(29)15(28)8-35-25/h6,10,12-13,15-16,18-19,21-23,25-34H,4-5,7-9H2,1-3H3/t10?,12?,13?,15-,16-,18+,19-,21+,22-,23-,25+,26+/m1/s1. The first-order valence-electron chi connectivity index (χ1n) is 13.1. The molecule has 0 aromatic heterocycles. The van der Waals surface area contributed by atoms with Crippen molar-refractivity contribution in [3.63, 3.8) is 0 Å². The van der Waals surface area contributed by atoms with Crippen LogP contribution in [0, 0.1) is 12.8 Å². The van der Waals surface area contributed by atoms with Gasteiger partial charge in [-0.2, -0.15) is 0 Å². The Bertz CT molecular complexity index is 959. The molecule has 1 aliphatic carbocycles. The van der Waals surface area contributed by atoms with Crippen molar-refractivity contribution in [2.75, 3.05) is 19.8 Å². The van der Waals surface area contributed by atoms with Crippen molar-refractivity contribution in [2.24, 2.45) is 5.92 Å². The van der Waals surface area contributed by atoms with Gasteiger partial charge in [-0.15, -0.1) is 0 Å². The summed E-state index contributed by atoms with van der Waals surface area (Å²) in [6, 6.07) is 1.90. The van der Waals surface area contributed by atoms with Gasteiger partial charge in [0.15, 0.2) is 17.8 Å². The number of aryl methyl sites for hydroxylation is 1. The number of ether oxygens (including phenoxy) is 4. The number of benzene rings is 1. The monoisotopic (exact) mass is 544 g/mol. The van der Waals surface area contributed by atoms with E-state index in [9.17, 15) is 40.9 Å². The van der Waals surface area contributed by atoms with Gasteiger partial charge in [0.05, 0.1) is 13.2 Å². The van der Waals surface area contributed by atoms with Crippen LogP contribution >= 0.6 is 0 Å². The van der Waals surface area contributed by atoms with Crippen molar-refractivity contribution in [1.29, 1.82) is 0 Å². The molecule has 38 heavy (non-hydrogen) atoms. The van der Waals surface area contributed by atoms with Crippen LogP contribution < -0.4 is 4.74 Å². The molecule has 4 rings (SSSR count). The summed E-state index contributed by atoms with van der Waals surface area (Å²) in [5, 5.41) is 82.0. The molecule has 2 aliphatic heterocycles. The first kappa shape index (κ1) is 29.4. The zero-order chi connectivity index (χ0) is 27.9. The fourth-order valence-electron chi connectivity index (χ4n) is 5.63. The molecule has 1 aromatic carbocycles. The fraction of sp³-hybridized carbons (Fsp3) is 0.769. The van der Waals surface area contributed by atoms with E-state index in [1.54, 1.807) is 6.92 Å². The maximum absolute atomic E-state index is 11.3. The van der Waals surface area contributed by atoms with E-state index >= 15 is 0 Å². The molecule has 2 heterocycles. The molecule has 0 bridgehead atoms. The number of aliphatic hydroxyl groups excluding tert-OH is 7. The van der Waals surface area contributed by atoms with Gasteiger partial charge in [0.2, 0.25) is 6.29 Å². The molecular formula is C26H40O12. The van der Waals surface area contributed by atoms with E-state index in [-0.39, 0.29) is 42.5 Å². The zero-order valence-electron chi connectivity index (χ0n) is 21.8. The van der Waals surface area contributed by atoms with Crippen molar-refractivity contribution in [2.45, 2.75) is 101 Å². The number of rotatable bonds is 7. The van der Waals surface area contributed by atoms with Gasteiger partial charge in [-0.05, 0) is 48.6 Å². The topological polar surface area (TPSA) is 199 Å². The molecule has 1 aromatic rings. The van der Waals surface area contributed by atoms with Crippen LogP contribution in [0.5, 0.6) is 11.5 Å². The smallest absolute Gasteiger partial charge is 0.229 e. The number of hydrogen-bond acceptors (Lipinski definition) is 12. The SMILES string of the molecule is Cc1cc2c(c(O)c1O[C@@H]1O[C@H](CO[C@@H]3OC[C@@H](O)[C@H](O)[C@H]3O)[C@@H](O)[C@H](O)[C@H]1O)C(C)CCC2C(C)CO. The third-order valence-corrected chi connectivity index (χ3v) is 8.07. The number of hydrogen-bond donors (Lipinski definition) is 8. The van der Waals surface area contributed by atoms with Crippen LogP contribution in [-0.2, 0) is 14.2 Å². The molecule has 12 nitrogen and oxygen atoms in total. The molecule has 3 unspecified atom stereocenters. The molecule has 12 atom stereocenters. The second-order valence-corrected chi connectivity index (χ2v) is 10.8. The maximum Gasteiger partial charge on any atom is 0.229 e. The largest absolute Gasteiger partial charge is 0.504 e. The van der Waals surface area contributed by atoms with Crippen LogP contribution in [0.3, 0.4) is 0 Å². The van der Waals surface area contributed by atoms with Crippen LogP contribution in [0.4, 0.5) is 0 Å². The highest BCUT2D eigenvalue weighted by Gasteiger charge is 2.47. The van der Waals surface area contributed by atoms with Gasteiger partial charge in [0.1, 0.15) is 42.7 Å². The van der Waals surface area contributed by atoms with Crippen LogP contribution in [0.1, 0.15) is 55.2 Å². The highest BCUT2D eigenvalue weighted by atomic mass is 16.7. The Morgan fingerprint density at radius 3 is 2.34 bits per heavy atom. The van der Waals surface area contributed by atoms with Gasteiger partial charge >= 0.3 is 0 Å². The second-order valence-electron chi connectivity index (χ2n) is 10.8. The van der Waals surface area contributed by atoms with Gasteiger partial charge in [0, 0.05) is 12.2 Å². The summed E-state index contributed by atoms with van der Waals surface area (Å²) in [7, 11) is 0. The number of aliphatic hydroxyl groups is 7. The molecule has 3 aliphatic rings. The lowest BCUT2D eigenvalue weighted by atomic mass is 9.72. The van der Waals surface area contributed by atoms with Gasteiger partial charge in [0.25, 0.3) is 0 Å². The van der Waals surface area contributed by atoms with Crippen LogP contribution in [0.25, 0.3) is 0 Å². The van der Waals surface area contributed by atoms with E-state index in [1.165, 1.54) is 0 Å². The molecular weight excluding hydrogens is 504 g/mol. The molecule has 0 spiro atoms. The molecule has 2 fully saturated rings. The Morgan fingerprint density at radius 2 is 1.66 bits per heavy atom. The lowest BCUT2D eigenvalue weighted by Crippen LogP contribution is -2.61. The van der Waals surface area contributed by atoms with Gasteiger partial charge in [-0.3, -0.25) is 0 Å². The van der Waals surface area contributed by atoms with E-state index in [0.717, 1.165) is 18.4 Å². The summed E-state index contributed by atoms with van der Waals surface area (Å²) in [5.74, 6) is 0.0680. The third kappa shape index (κ3) is 5.52. The Labute approximate surface area is 221 Å². The zero-order valence-corrected chi connectivity index (χ0v) is 21.8. The summed E-state index contributed by atoms with van der Waals surface area (Å²) in [5.41, 5.74) is 2.22. The van der Waals surface area contributed by atoms with E-state index < -0.39 is 61.9 Å². The highest BCUT2D eigenvalue weighted by molar-refractivity contribution is 5.57. The Hall–Kier alpha value is -1.58. The van der Waals surface area contributed by atoms with Crippen molar-refractivity contribution >= 4 is 0 Å². The fourth-order valence-corrected chi connectivity index (χ4v) is 5.63. The predicted molar refractivity (Wildman–Crippen MR) is 131 cm³/mol. The Balaban J connectivity index is 1.52.